The minimum absolute atomic E-state index is 0.0696. The third kappa shape index (κ3) is 5.00. The van der Waals surface area contributed by atoms with E-state index in [1.165, 1.54) is 38.4 Å². The number of likely N-dealkylation sites (tertiary alicyclic amines) is 1. The van der Waals surface area contributed by atoms with Crippen molar-refractivity contribution in [3.05, 3.63) is 94.3 Å². The smallest absolute Gasteiger partial charge is 0.344 e. The average molecular weight is 456 g/mol. The Bertz CT molecular complexity index is 1310. The van der Waals surface area contributed by atoms with Crippen molar-refractivity contribution in [3.8, 4) is 22.6 Å². The maximum Gasteiger partial charge on any atom is 0.344 e. The van der Waals surface area contributed by atoms with E-state index in [1.807, 2.05) is 60.7 Å². The summed E-state index contributed by atoms with van der Waals surface area (Å²) in [6, 6.07) is 22.6. The molecular weight excluding hydrogens is 426 g/mol. The Labute approximate surface area is 199 Å². The minimum atomic E-state index is -0.406. The maximum atomic E-state index is 13.0. The van der Waals surface area contributed by atoms with E-state index in [9.17, 15) is 9.90 Å². The van der Waals surface area contributed by atoms with Gasteiger partial charge in [0.05, 0.1) is 5.56 Å². The number of piperidine rings is 1. The third-order valence-corrected chi connectivity index (χ3v) is 6.49. The Hall–Kier alpha value is -3.57. The molecule has 5 rings (SSSR count). The van der Waals surface area contributed by atoms with Gasteiger partial charge in [0.25, 0.3) is 0 Å². The lowest BCUT2D eigenvalue weighted by molar-refractivity contribution is 0.183. The van der Waals surface area contributed by atoms with Crippen molar-refractivity contribution >= 4 is 11.0 Å². The fourth-order valence-electron chi connectivity index (χ4n) is 4.72. The molecule has 4 aromatic rings. The third-order valence-electron chi connectivity index (χ3n) is 6.49. The van der Waals surface area contributed by atoms with Gasteiger partial charge in [-0.25, -0.2) is 4.79 Å². The molecular formula is C29H29NO4. The van der Waals surface area contributed by atoms with Crippen LogP contribution in [0, 0.1) is 0 Å². The van der Waals surface area contributed by atoms with E-state index in [1.54, 1.807) is 6.07 Å². The largest absolute Gasteiger partial charge is 0.508 e. The van der Waals surface area contributed by atoms with Crippen LogP contribution in [0.5, 0.6) is 11.5 Å². The van der Waals surface area contributed by atoms with Crippen LogP contribution < -0.4 is 10.4 Å². The van der Waals surface area contributed by atoms with E-state index in [4.69, 9.17) is 9.15 Å². The highest BCUT2D eigenvalue weighted by Gasteiger charge is 2.17. The predicted octanol–water partition coefficient (Wildman–Crippen LogP) is 5.62. The van der Waals surface area contributed by atoms with Crippen LogP contribution in [0.1, 0.15) is 30.4 Å². The number of ether oxygens (including phenoxy) is 1. The summed E-state index contributed by atoms with van der Waals surface area (Å²) in [4.78, 5) is 15.5. The SMILES string of the molecule is O=c1oc2cc(O)ccc2c(Cc2ccc(OCCN3CCCCC3)cc2)c1-c1ccccc1. The molecule has 0 aliphatic carbocycles. The number of hydrogen-bond donors (Lipinski definition) is 1. The number of aromatic hydroxyl groups is 1. The highest BCUT2D eigenvalue weighted by atomic mass is 16.5. The second kappa shape index (κ2) is 10.1. The first kappa shape index (κ1) is 22.2. The van der Waals surface area contributed by atoms with E-state index in [0.29, 0.717) is 24.2 Å². The minimum Gasteiger partial charge on any atom is -0.508 e. The Morgan fingerprint density at radius 3 is 2.44 bits per heavy atom. The molecule has 2 heterocycles. The van der Waals surface area contributed by atoms with E-state index in [-0.39, 0.29) is 5.75 Å². The molecule has 1 aliphatic rings. The molecule has 3 aromatic carbocycles. The topological polar surface area (TPSA) is 62.9 Å². The van der Waals surface area contributed by atoms with Crippen LogP contribution in [0.2, 0.25) is 0 Å². The zero-order valence-corrected chi connectivity index (χ0v) is 19.2. The van der Waals surface area contributed by atoms with Crippen molar-refractivity contribution < 1.29 is 14.3 Å². The Morgan fingerprint density at radius 1 is 0.912 bits per heavy atom. The Morgan fingerprint density at radius 2 is 1.68 bits per heavy atom. The first-order chi connectivity index (χ1) is 16.7. The number of rotatable bonds is 7. The number of phenols is 1. The molecule has 0 saturated carbocycles. The van der Waals surface area contributed by atoms with E-state index in [0.717, 1.165) is 34.4 Å². The van der Waals surface area contributed by atoms with Gasteiger partial charge in [0.2, 0.25) is 0 Å². The summed E-state index contributed by atoms with van der Waals surface area (Å²) >= 11 is 0. The number of benzene rings is 3. The molecule has 0 amide bonds. The standard InChI is InChI=1S/C29H29NO4/c31-23-11-14-25-26(28(22-7-3-1-4-8-22)29(32)34-27(25)20-23)19-21-9-12-24(13-10-21)33-18-17-30-15-5-2-6-16-30/h1,3-4,7-14,20,31H,2,5-6,15-19H2. The summed E-state index contributed by atoms with van der Waals surface area (Å²) < 4.78 is 11.6. The first-order valence-corrected chi connectivity index (χ1v) is 12.0. The zero-order chi connectivity index (χ0) is 23.3. The average Bonchev–Trinajstić information content (AvgIpc) is 2.86. The number of hydrogen-bond acceptors (Lipinski definition) is 5. The maximum absolute atomic E-state index is 13.0. The molecule has 1 fully saturated rings. The molecule has 0 bridgehead atoms. The van der Waals surface area contributed by atoms with Crippen LogP contribution in [-0.4, -0.2) is 36.2 Å². The van der Waals surface area contributed by atoms with Gasteiger partial charge in [-0.3, -0.25) is 4.90 Å². The highest BCUT2D eigenvalue weighted by Crippen LogP contribution is 2.31. The monoisotopic (exact) mass is 455 g/mol. The summed E-state index contributed by atoms with van der Waals surface area (Å²) in [5, 5.41) is 10.7. The van der Waals surface area contributed by atoms with Gasteiger partial charge in [0.1, 0.15) is 23.7 Å². The molecule has 34 heavy (non-hydrogen) atoms. The van der Waals surface area contributed by atoms with Gasteiger partial charge >= 0.3 is 5.63 Å². The molecule has 1 aromatic heterocycles. The molecule has 5 heteroatoms. The van der Waals surface area contributed by atoms with E-state index < -0.39 is 5.63 Å². The molecule has 174 valence electrons. The van der Waals surface area contributed by atoms with Crippen LogP contribution in [0.3, 0.4) is 0 Å². The summed E-state index contributed by atoms with van der Waals surface area (Å²) in [6.07, 6.45) is 4.47. The Kier molecular flexibility index (Phi) is 6.63. The van der Waals surface area contributed by atoms with Crippen molar-refractivity contribution in [2.45, 2.75) is 25.7 Å². The lowest BCUT2D eigenvalue weighted by Crippen LogP contribution is -2.33. The van der Waals surface area contributed by atoms with Crippen LogP contribution in [0.4, 0.5) is 0 Å². The molecule has 0 unspecified atom stereocenters. The normalized spacial score (nSPS) is 14.4. The molecule has 1 saturated heterocycles. The lowest BCUT2D eigenvalue weighted by atomic mass is 9.93. The molecule has 0 radical (unpaired) electrons. The van der Waals surface area contributed by atoms with E-state index in [2.05, 4.69) is 4.90 Å². The summed E-state index contributed by atoms with van der Waals surface area (Å²) in [5.41, 5.74) is 3.31. The molecule has 1 N–H and O–H groups in total. The second-order valence-electron chi connectivity index (χ2n) is 8.86. The second-order valence-corrected chi connectivity index (χ2v) is 8.86. The fraction of sp³-hybridized carbons (Fsp3) is 0.276. The van der Waals surface area contributed by atoms with Crippen molar-refractivity contribution in [2.24, 2.45) is 0 Å². The molecule has 0 spiro atoms. The Balaban J connectivity index is 1.40. The zero-order valence-electron chi connectivity index (χ0n) is 19.2. The van der Waals surface area contributed by atoms with Crippen molar-refractivity contribution in [3.63, 3.8) is 0 Å². The lowest BCUT2D eigenvalue weighted by Gasteiger charge is -2.26. The number of phenolic OH excluding ortho intramolecular Hbond substituents is 1. The van der Waals surface area contributed by atoms with Gasteiger partial charge in [-0.05, 0) is 73.3 Å². The quantitative estimate of drug-likeness (QED) is 0.367. The van der Waals surface area contributed by atoms with Gasteiger partial charge in [0, 0.05) is 18.0 Å². The number of nitrogens with zero attached hydrogens (tertiary/aromatic N) is 1. The van der Waals surface area contributed by atoms with Crippen LogP contribution in [0.15, 0.2) is 82.0 Å². The van der Waals surface area contributed by atoms with Crippen molar-refractivity contribution in [2.75, 3.05) is 26.2 Å². The van der Waals surface area contributed by atoms with Gasteiger partial charge in [-0.1, -0.05) is 48.9 Å². The van der Waals surface area contributed by atoms with Gasteiger partial charge in [-0.2, -0.15) is 0 Å². The predicted molar refractivity (Wildman–Crippen MR) is 135 cm³/mol. The molecule has 1 aliphatic heterocycles. The van der Waals surface area contributed by atoms with Gasteiger partial charge in [-0.15, -0.1) is 0 Å². The summed E-state index contributed by atoms with van der Waals surface area (Å²) in [6.45, 7) is 3.98. The van der Waals surface area contributed by atoms with Gasteiger partial charge in [0.15, 0.2) is 0 Å². The molecule has 5 nitrogen and oxygen atoms in total. The van der Waals surface area contributed by atoms with Crippen LogP contribution in [-0.2, 0) is 6.42 Å². The summed E-state index contributed by atoms with van der Waals surface area (Å²) in [5.74, 6) is 0.923. The van der Waals surface area contributed by atoms with E-state index >= 15 is 0 Å². The fourth-order valence-corrected chi connectivity index (χ4v) is 4.72. The van der Waals surface area contributed by atoms with Crippen LogP contribution >= 0.6 is 0 Å². The van der Waals surface area contributed by atoms with Gasteiger partial charge < -0.3 is 14.3 Å². The summed E-state index contributed by atoms with van der Waals surface area (Å²) in [7, 11) is 0. The number of fused-ring (bicyclic) bond motifs is 1. The van der Waals surface area contributed by atoms with Crippen molar-refractivity contribution in [1.82, 2.24) is 4.90 Å². The van der Waals surface area contributed by atoms with Crippen molar-refractivity contribution in [1.29, 1.82) is 0 Å². The van der Waals surface area contributed by atoms with Crippen LogP contribution in [0.25, 0.3) is 22.1 Å². The highest BCUT2D eigenvalue weighted by molar-refractivity contribution is 5.88. The first-order valence-electron chi connectivity index (χ1n) is 12.0. The molecule has 0 atom stereocenters.